The predicted molar refractivity (Wildman–Crippen MR) is 73.7 cm³/mol. The molecule has 0 atom stereocenters. The Morgan fingerprint density at radius 3 is 2.52 bits per heavy atom. The number of carbonyl (C=O) groups is 2. The Balaban J connectivity index is 1.76. The molecule has 1 saturated carbocycles. The van der Waals surface area contributed by atoms with Gasteiger partial charge in [-0.25, -0.2) is 4.79 Å². The molecule has 1 aromatic heterocycles. The SMILES string of the molecule is CC(C)(C)c1noc(CCCC(=O)NC2(C(=O)O)CC2)n1. The van der Waals surface area contributed by atoms with Crippen molar-refractivity contribution in [2.45, 2.75) is 63.8 Å². The third-order valence-corrected chi connectivity index (χ3v) is 3.47. The number of aliphatic carboxylic acids is 1. The molecule has 0 aliphatic heterocycles. The number of carboxylic acids is 1. The Kier molecular flexibility index (Phi) is 4.02. The molecule has 0 aromatic carbocycles. The molecule has 0 radical (unpaired) electrons. The number of rotatable bonds is 6. The minimum Gasteiger partial charge on any atom is -0.480 e. The highest BCUT2D eigenvalue weighted by atomic mass is 16.5. The second-order valence-electron chi connectivity index (χ2n) is 6.55. The summed E-state index contributed by atoms with van der Waals surface area (Å²) in [6, 6.07) is 0. The van der Waals surface area contributed by atoms with Crippen LogP contribution in [0.25, 0.3) is 0 Å². The fourth-order valence-corrected chi connectivity index (χ4v) is 1.91. The van der Waals surface area contributed by atoms with Gasteiger partial charge in [-0.15, -0.1) is 0 Å². The van der Waals surface area contributed by atoms with Crippen LogP contribution in [0.2, 0.25) is 0 Å². The molecule has 1 aromatic rings. The van der Waals surface area contributed by atoms with Crippen molar-refractivity contribution < 1.29 is 19.2 Å². The highest BCUT2D eigenvalue weighted by Crippen LogP contribution is 2.35. The van der Waals surface area contributed by atoms with Crippen LogP contribution >= 0.6 is 0 Å². The van der Waals surface area contributed by atoms with Crippen LogP contribution in [-0.2, 0) is 21.4 Å². The normalized spacial score (nSPS) is 16.5. The van der Waals surface area contributed by atoms with Gasteiger partial charge < -0.3 is 14.9 Å². The lowest BCUT2D eigenvalue weighted by Gasteiger charge is -2.11. The summed E-state index contributed by atoms with van der Waals surface area (Å²) < 4.78 is 5.14. The minimum absolute atomic E-state index is 0.168. The lowest BCUT2D eigenvalue weighted by Crippen LogP contribution is -2.42. The predicted octanol–water partition coefficient (Wildman–Crippen LogP) is 1.42. The zero-order valence-electron chi connectivity index (χ0n) is 12.6. The Hall–Kier alpha value is -1.92. The van der Waals surface area contributed by atoms with Crippen LogP contribution in [-0.4, -0.2) is 32.7 Å². The van der Waals surface area contributed by atoms with E-state index in [-0.39, 0.29) is 17.7 Å². The van der Waals surface area contributed by atoms with Crippen molar-refractivity contribution in [3.05, 3.63) is 11.7 Å². The summed E-state index contributed by atoms with van der Waals surface area (Å²) in [4.78, 5) is 27.0. The van der Waals surface area contributed by atoms with Gasteiger partial charge in [-0.3, -0.25) is 4.79 Å². The first-order valence-electron chi connectivity index (χ1n) is 7.10. The maximum Gasteiger partial charge on any atom is 0.329 e. The molecule has 0 unspecified atom stereocenters. The van der Waals surface area contributed by atoms with Crippen molar-refractivity contribution in [3.8, 4) is 0 Å². The average Bonchev–Trinajstić information content (AvgIpc) is 2.98. The Morgan fingerprint density at radius 2 is 2.05 bits per heavy atom. The van der Waals surface area contributed by atoms with E-state index in [9.17, 15) is 9.59 Å². The third-order valence-electron chi connectivity index (χ3n) is 3.47. The monoisotopic (exact) mass is 295 g/mol. The van der Waals surface area contributed by atoms with Crippen LogP contribution < -0.4 is 5.32 Å². The topological polar surface area (TPSA) is 105 Å². The first kappa shape index (κ1) is 15.5. The zero-order valence-corrected chi connectivity index (χ0v) is 12.6. The van der Waals surface area contributed by atoms with Crippen molar-refractivity contribution in [1.29, 1.82) is 0 Å². The fraction of sp³-hybridized carbons (Fsp3) is 0.714. The van der Waals surface area contributed by atoms with E-state index >= 15 is 0 Å². The maximum atomic E-state index is 11.7. The molecule has 1 fully saturated rings. The number of nitrogens with one attached hydrogen (secondary N) is 1. The van der Waals surface area contributed by atoms with Gasteiger partial charge in [0.25, 0.3) is 0 Å². The Morgan fingerprint density at radius 1 is 1.38 bits per heavy atom. The number of aromatic nitrogens is 2. The summed E-state index contributed by atoms with van der Waals surface area (Å²) in [5.74, 6) is -0.0510. The van der Waals surface area contributed by atoms with Gasteiger partial charge in [0.15, 0.2) is 5.82 Å². The molecular weight excluding hydrogens is 274 g/mol. The van der Waals surface area contributed by atoms with Crippen molar-refractivity contribution in [2.75, 3.05) is 0 Å². The summed E-state index contributed by atoms with van der Waals surface area (Å²) in [5, 5.41) is 15.5. The fourth-order valence-electron chi connectivity index (χ4n) is 1.91. The molecule has 0 saturated heterocycles. The van der Waals surface area contributed by atoms with Crippen molar-refractivity contribution in [3.63, 3.8) is 0 Å². The Labute approximate surface area is 123 Å². The standard InChI is InChI=1S/C14H21N3O4/c1-13(2,3)11-15-10(21-17-11)6-4-5-9(18)16-14(7-8-14)12(19)20/h4-8H2,1-3H3,(H,16,18)(H,19,20). The maximum absolute atomic E-state index is 11.7. The van der Waals surface area contributed by atoms with E-state index < -0.39 is 11.5 Å². The van der Waals surface area contributed by atoms with Gasteiger partial charge in [0.05, 0.1) is 0 Å². The van der Waals surface area contributed by atoms with E-state index in [1.54, 1.807) is 0 Å². The van der Waals surface area contributed by atoms with E-state index in [2.05, 4.69) is 15.5 Å². The van der Waals surface area contributed by atoms with E-state index in [1.165, 1.54) is 0 Å². The van der Waals surface area contributed by atoms with Crippen molar-refractivity contribution >= 4 is 11.9 Å². The number of amides is 1. The molecule has 0 spiro atoms. The van der Waals surface area contributed by atoms with Gasteiger partial charge in [-0.05, 0) is 19.3 Å². The first-order valence-corrected chi connectivity index (χ1v) is 7.10. The number of aryl methyl sites for hydroxylation is 1. The quantitative estimate of drug-likeness (QED) is 0.822. The molecule has 116 valence electrons. The second kappa shape index (κ2) is 5.46. The molecule has 1 heterocycles. The summed E-state index contributed by atoms with van der Waals surface area (Å²) >= 11 is 0. The number of hydrogen-bond acceptors (Lipinski definition) is 5. The molecular formula is C14H21N3O4. The number of carboxylic acid groups (broad SMARTS) is 1. The van der Waals surface area contributed by atoms with Crippen molar-refractivity contribution in [1.82, 2.24) is 15.5 Å². The Bertz CT molecular complexity index is 541. The molecule has 1 amide bonds. The average molecular weight is 295 g/mol. The smallest absolute Gasteiger partial charge is 0.329 e. The largest absolute Gasteiger partial charge is 0.480 e. The number of hydrogen-bond donors (Lipinski definition) is 2. The van der Waals surface area contributed by atoms with Gasteiger partial charge in [-0.2, -0.15) is 4.98 Å². The second-order valence-corrected chi connectivity index (χ2v) is 6.55. The third kappa shape index (κ3) is 3.80. The number of carbonyl (C=O) groups excluding carboxylic acids is 1. The van der Waals surface area contributed by atoms with Crippen LogP contribution in [0.5, 0.6) is 0 Å². The first-order chi connectivity index (χ1) is 9.73. The lowest BCUT2D eigenvalue weighted by atomic mass is 9.96. The molecule has 2 N–H and O–H groups in total. The van der Waals surface area contributed by atoms with Gasteiger partial charge in [0.2, 0.25) is 11.8 Å². The highest BCUT2D eigenvalue weighted by Gasteiger charge is 2.51. The van der Waals surface area contributed by atoms with Crippen LogP contribution in [0.4, 0.5) is 0 Å². The van der Waals surface area contributed by atoms with Gasteiger partial charge in [-0.1, -0.05) is 25.9 Å². The highest BCUT2D eigenvalue weighted by molar-refractivity contribution is 5.89. The molecule has 0 bridgehead atoms. The van der Waals surface area contributed by atoms with E-state index in [1.807, 2.05) is 20.8 Å². The summed E-state index contributed by atoms with van der Waals surface area (Å²) in [6.07, 6.45) is 2.32. The van der Waals surface area contributed by atoms with Crippen molar-refractivity contribution in [2.24, 2.45) is 0 Å². The van der Waals surface area contributed by atoms with Crippen LogP contribution in [0, 0.1) is 0 Å². The molecule has 1 aliphatic rings. The van der Waals surface area contributed by atoms with Gasteiger partial charge in [0.1, 0.15) is 5.54 Å². The van der Waals surface area contributed by atoms with Crippen LogP contribution in [0.15, 0.2) is 4.52 Å². The molecule has 7 heteroatoms. The summed E-state index contributed by atoms with van der Waals surface area (Å²) in [6.45, 7) is 5.99. The van der Waals surface area contributed by atoms with E-state index in [0.29, 0.717) is 37.4 Å². The van der Waals surface area contributed by atoms with E-state index in [0.717, 1.165) is 0 Å². The van der Waals surface area contributed by atoms with E-state index in [4.69, 9.17) is 9.63 Å². The molecule has 7 nitrogen and oxygen atoms in total. The molecule has 21 heavy (non-hydrogen) atoms. The van der Waals surface area contributed by atoms with Crippen LogP contribution in [0.1, 0.15) is 58.2 Å². The zero-order chi connectivity index (χ0) is 15.7. The lowest BCUT2D eigenvalue weighted by molar-refractivity contribution is -0.143. The summed E-state index contributed by atoms with van der Waals surface area (Å²) in [7, 11) is 0. The molecule has 2 rings (SSSR count). The van der Waals surface area contributed by atoms with Crippen LogP contribution in [0.3, 0.4) is 0 Å². The summed E-state index contributed by atoms with van der Waals surface area (Å²) in [5.41, 5.74) is -1.18. The minimum atomic E-state index is -1.01. The van der Waals surface area contributed by atoms with Gasteiger partial charge in [0, 0.05) is 18.3 Å². The molecule has 1 aliphatic carbocycles. The number of nitrogens with zero attached hydrogens (tertiary/aromatic N) is 2. The van der Waals surface area contributed by atoms with Gasteiger partial charge >= 0.3 is 5.97 Å².